The SMILES string of the molecule is COC(=O)C(CNCc1cn([C@H]2C[C@H](n3cc(C)c(=O)[nH]c3=O)O[C@@H]2CO)nn1)C(O)c1ccccc1OCc1ccccc1. The first-order valence-electron chi connectivity index (χ1n) is 14.5. The Bertz CT molecular complexity index is 1700. The lowest BCUT2D eigenvalue weighted by molar-refractivity contribution is -0.149. The zero-order valence-electron chi connectivity index (χ0n) is 24.9. The molecule has 1 saturated heterocycles. The molecule has 2 aromatic heterocycles. The van der Waals surface area contributed by atoms with E-state index in [1.165, 1.54) is 17.9 Å². The van der Waals surface area contributed by atoms with Crippen molar-refractivity contribution in [3.8, 4) is 5.75 Å². The molecule has 0 bridgehead atoms. The Morgan fingerprint density at radius 3 is 2.67 bits per heavy atom. The van der Waals surface area contributed by atoms with Gasteiger partial charge in [-0.05, 0) is 18.6 Å². The van der Waals surface area contributed by atoms with E-state index in [0.717, 1.165) is 5.56 Å². The van der Waals surface area contributed by atoms with Gasteiger partial charge in [-0.1, -0.05) is 53.7 Å². The van der Waals surface area contributed by atoms with E-state index in [1.54, 1.807) is 42.1 Å². The average molecular weight is 621 g/mol. The van der Waals surface area contributed by atoms with Crippen LogP contribution in [0, 0.1) is 12.8 Å². The van der Waals surface area contributed by atoms with Gasteiger partial charge in [-0.2, -0.15) is 0 Å². The van der Waals surface area contributed by atoms with Crippen molar-refractivity contribution in [3.05, 3.63) is 110 Å². The van der Waals surface area contributed by atoms with E-state index < -0.39 is 47.6 Å². The Labute approximate surface area is 258 Å². The number of para-hydroxylation sites is 1. The van der Waals surface area contributed by atoms with E-state index in [2.05, 4.69) is 20.6 Å². The highest BCUT2D eigenvalue weighted by Crippen LogP contribution is 2.36. The molecule has 1 fully saturated rings. The van der Waals surface area contributed by atoms with E-state index in [1.807, 2.05) is 30.3 Å². The molecule has 14 heteroatoms. The number of aryl methyl sites for hydroxylation is 1. The zero-order valence-corrected chi connectivity index (χ0v) is 24.9. The number of rotatable bonds is 13. The van der Waals surface area contributed by atoms with Crippen molar-refractivity contribution >= 4 is 5.97 Å². The summed E-state index contributed by atoms with van der Waals surface area (Å²) in [4.78, 5) is 39.2. The molecule has 4 N–H and O–H groups in total. The molecule has 0 radical (unpaired) electrons. The van der Waals surface area contributed by atoms with Crippen molar-refractivity contribution in [2.24, 2.45) is 5.92 Å². The molecule has 3 heterocycles. The van der Waals surface area contributed by atoms with Gasteiger partial charge in [0.05, 0.1) is 43.7 Å². The molecular formula is C31H36N6O8. The second kappa shape index (κ2) is 14.4. The summed E-state index contributed by atoms with van der Waals surface area (Å²) in [7, 11) is 1.27. The number of methoxy groups -OCH3 is 1. The summed E-state index contributed by atoms with van der Waals surface area (Å²) in [6.07, 6.45) is 0.811. The summed E-state index contributed by atoms with van der Waals surface area (Å²) in [5, 5.41) is 32.8. The fraction of sp³-hybridized carbons (Fsp3) is 0.387. The number of hydrogen-bond donors (Lipinski definition) is 4. The maximum Gasteiger partial charge on any atom is 0.330 e. The topological polar surface area (TPSA) is 183 Å². The largest absolute Gasteiger partial charge is 0.489 e. The normalized spacial score (nSPS) is 19.2. The number of nitrogens with zero attached hydrogens (tertiary/aromatic N) is 4. The smallest absolute Gasteiger partial charge is 0.330 e. The number of H-pyrrole nitrogens is 1. The van der Waals surface area contributed by atoms with Gasteiger partial charge in [-0.3, -0.25) is 19.1 Å². The number of aliphatic hydroxyl groups is 2. The Morgan fingerprint density at radius 2 is 1.91 bits per heavy atom. The first-order chi connectivity index (χ1) is 21.8. The molecule has 1 aliphatic heterocycles. The molecule has 5 atom stereocenters. The predicted octanol–water partition coefficient (Wildman–Crippen LogP) is 1.15. The summed E-state index contributed by atoms with van der Waals surface area (Å²) in [5.74, 6) is -1.09. The van der Waals surface area contributed by atoms with Crippen LogP contribution in [-0.4, -0.2) is 67.1 Å². The van der Waals surface area contributed by atoms with Gasteiger partial charge < -0.3 is 29.7 Å². The van der Waals surface area contributed by atoms with Crippen molar-refractivity contribution in [3.63, 3.8) is 0 Å². The summed E-state index contributed by atoms with van der Waals surface area (Å²) < 4.78 is 19.8. The van der Waals surface area contributed by atoms with Gasteiger partial charge in [0.15, 0.2) is 0 Å². The average Bonchev–Trinajstić information content (AvgIpc) is 3.71. The number of esters is 1. The lowest BCUT2D eigenvalue weighted by Gasteiger charge is -2.23. The lowest BCUT2D eigenvalue weighted by Crippen LogP contribution is -2.34. The molecule has 0 saturated carbocycles. The van der Waals surface area contributed by atoms with Crippen LogP contribution in [0.3, 0.4) is 0 Å². The Hall–Kier alpha value is -4.63. The molecule has 14 nitrogen and oxygen atoms in total. The molecule has 0 aliphatic carbocycles. The molecule has 1 aliphatic rings. The summed E-state index contributed by atoms with van der Waals surface area (Å²) in [6.45, 7) is 1.85. The van der Waals surface area contributed by atoms with Crippen molar-refractivity contribution < 1.29 is 29.2 Å². The van der Waals surface area contributed by atoms with E-state index in [-0.39, 0.29) is 19.7 Å². The van der Waals surface area contributed by atoms with Gasteiger partial charge in [-0.25, -0.2) is 9.48 Å². The van der Waals surface area contributed by atoms with Crippen molar-refractivity contribution in [2.45, 2.75) is 51.0 Å². The van der Waals surface area contributed by atoms with Gasteiger partial charge >= 0.3 is 11.7 Å². The van der Waals surface area contributed by atoms with Crippen molar-refractivity contribution in [1.29, 1.82) is 0 Å². The van der Waals surface area contributed by atoms with E-state index in [9.17, 15) is 24.6 Å². The number of aromatic nitrogens is 5. The Morgan fingerprint density at radius 1 is 1.16 bits per heavy atom. The van der Waals surface area contributed by atoms with Crippen LogP contribution in [0.25, 0.3) is 0 Å². The number of benzene rings is 2. The van der Waals surface area contributed by atoms with E-state index >= 15 is 0 Å². The second-order valence-electron chi connectivity index (χ2n) is 10.8. The molecule has 2 unspecified atom stereocenters. The van der Waals surface area contributed by atoms with Crippen molar-refractivity contribution in [1.82, 2.24) is 29.9 Å². The minimum atomic E-state index is -1.22. The highest BCUT2D eigenvalue weighted by atomic mass is 16.5. The molecule has 45 heavy (non-hydrogen) atoms. The number of aliphatic hydroxyl groups excluding tert-OH is 2. The van der Waals surface area contributed by atoms with Crippen LogP contribution in [-0.2, 0) is 27.4 Å². The summed E-state index contributed by atoms with van der Waals surface area (Å²) in [5.41, 5.74) is 1.24. The minimum Gasteiger partial charge on any atom is -0.489 e. The highest BCUT2D eigenvalue weighted by Gasteiger charge is 2.38. The Kier molecular flexibility index (Phi) is 10.2. The molecule has 0 spiro atoms. The molecule has 0 amide bonds. The fourth-order valence-corrected chi connectivity index (χ4v) is 5.32. The molecule has 4 aromatic rings. The predicted molar refractivity (Wildman–Crippen MR) is 160 cm³/mol. The quantitative estimate of drug-likeness (QED) is 0.157. The molecule has 2 aromatic carbocycles. The number of carbonyl (C=O) groups excluding carboxylic acids is 1. The molecule has 238 valence electrons. The first-order valence-corrected chi connectivity index (χ1v) is 14.5. The minimum absolute atomic E-state index is 0.0656. The third kappa shape index (κ3) is 7.37. The Balaban J connectivity index is 1.23. The zero-order chi connectivity index (χ0) is 31.9. The number of hydrogen-bond acceptors (Lipinski definition) is 11. The third-order valence-corrected chi connectivity index (χ3v) is 7.77. The van der Waals surface area contributed by atoms with Gasteiger partial charge in [0.2, 0.25) is 0 Å². The maximum atomic E-state index is 12.7. The number of aromatic amines is 1. The number of ether oxygens (including phenoxy) is 3. The van der Waals surface area contributed by atoms with Gasteiger partial charge in [-0.15, -0.1) is 5.10 Å². The first kappa shape index (κ1) is 31.8. The fourth-order valence-electron chi connectivity index (χ4n) is 5.32. The van der Waals surface area contributed by atoms with E-state index in [4.69, 9.17) is 14.2 Å². The standard InChI is InChI=1S/C31H36N6O8/c1-19-15-36(31(42)33-29(19)40)27-12-24(26(17-38)45-27)37-16-21(34-35-37)13-32-14-23(30(41)43-2)28(39)22-10-6-7-11-25(22)44-18-20-8-4-3-5-9-20/h3-11,15-16,23-24,26-28,32,38-39H,12-14,17-18H2,1-2H3,(H,33,40,42)/t23?,24-,26+,27+,28?/m0/s1. The van der Waals surface area contributed by atoms with Crippen LogP contribution < -0.4 is 21.3 Å². The second-order valence-corrected chi connectivity index (χ2v) is 10.8. The van der Waals surface area contributed by atoms with E-state index in [0.29, 0.717) is 35.6 Å². The number of nitrogens with one attached hydrogen (secondary N) is 2. The number of carbonyl (C=O) groups is 1. The summed E-state index contributed by atoms with van der Waals surface area (Å²) >= 11 is 0. The molecular weight excluding hydrogens is 584 g/mol. The summed E-state index contributed by atoms with van der Waals surface area (Å²) in [6, 6.07) is 16.2. The van der Waals surface area contributed by atoms with Gasteiger partial charge in [0, 0.05) is 36.8 Å². The molecule has 5 rings (SSSR count). The highest BCUT2D eigenvalue weighted by molar-refractivity contribution is 5.73. The van der Waals surface area contributed by atoms with Gasteiger partial charge in [0.25, 0.3) is 5.56 Å². The van der Waals surface area contributed by atoms with Crippen LogP contribution in [0.1, 0.15) is 47.2 Å². The van der Waals surface area contributed by atoms with Gasteiger partial charge in [0.1, 0.15) is 24.7 Å². The van der Waals surface area contributed by atoms with Crippen LogP contribution in [0.15, 0.2) is 76.6 Å². The monoisotopic (exact) mass is 620 g/mol. The van der Waals surface area contributed by atoms with Crippen LogP contribution >= 0.6 is 0 Å². The maximum absolute atomic E-state index is 12.7. The van der Waals surface area contributed by atoms with Crippen molar-refractivity contribution in [2.75, 3.05) is 20.3 Å². The van der Waals surface area contributed by atoms with Crippen LogP contribution in [0.5, 0.6) is 5.75 Å². The van der Waals surface area contributed by atoms with Crippen LogP contribution in [0.2, 0.25) is 0 Å². The lowest BCUT2D eigenvalue weighted by atomic mass is 9.94. The third-order valence-electron chi connectivity index (χ3n) is 7.77. The van der Waals surface area contributed by atoms with Crippen LogP contribution in [0.4, 0.5) is 0 Å².